The molecule has 0 fully saturated rings. The molecule has 0 aliphatic heterocycles. The number of carboxylic acids is 1. The van der Waals surface area contributed by atoms with Gasteiger partial charge in [-0.2, -0.15) is 0 Å². The summed E-state index contributed by atoms with van der Waals surface area (Å²) in [6.45, 7) is 0.363. The van der Waals surface area contributed by atoms with Gasteiger partial charge in [-0.1, -0.05) is 29.8 Å². The third kappa shape index (κ3) is 3.08. The van der Waals surface area contributed by atoms with Crippen molar-refractivity contribution in [2.24, 2.45) is 0 Å². The van der Waals surface area contributed by atoms with Gasteiger partial charge in [-0.05, 0) is 29.8 Å². The Hall–Kier alpha value is -2.07. The van der Waals surface area contributed by atoms with Crippen LogP contribution in [0.2, 0.25) is 5.02 Å². The molecule has 3 nitrogen and oxygen atoms in total. The smallest absolute Gasteiger partial charge is 0.337 e. The zero-order valence-electron chi connectivity index (χ0n) is 10.8. The van der Waals surface area contributed by atoms with E-state index in [-0.39, 0.29) is 11.3 Å². The van der Waals surface area contributed by atoms with Gasteiger partial charge >= 0.3 is 5.97 Å². The van der Waals surface area contributed by atoms with E-state index in [1.165, 1.54) is 18.2 Å². The number of para-hydroxylation sites is 1. The van der Waals surface area contributed by atoms with Crippen molar-refractivity contribution in [3.8, 4) is 0 Å². The third-order valence-corrected chi connectivity index (χ3v) is 3.14. The van der Waals surface area contributed by atoms with Crippen molar-refractivity contribution in [1.82, 2.24) is 0 Å². The van der Waals surface area contributed by atoms with E-state index in [2.05, 4.69) is 0 Å². The lowest BCUT2D eigenvalue weighted by atomic mass is 10.1. The summed E-state index contributed by atoms with van der Waals surface area (Å²) >= 11 is 5.90. The fraction of sp³-hybridized carbons (Fsp3) is 0.133. The van der Waals surface area contributed by atoms with Crippen LogP contribution in [0.4, 0.5) is 10.1 Å². The predicted molar refractivity (Wildman–Crippen MR) is 76.9 cm³/mol. The molecular formula is C15H13ClFNO2. The Kier molecular flexibility index (Phi) is 4.25. The lowest BCUT2D eigenvalue weighted by Crippen LogP contribution is -2.20. The maximum atomic E-state index is 13.9. The maximum Gasteiger partial charge on any atom is 0.337 e. The van der Waals surface area contributed by atoms with Gasteiger partial charge in [0, 0.05) is 18.6 Å². The molecule has 0 aliphatic carbocycles. The summed E-state index contributed by atoms with van der Waals surface area (Å²) in [7, 11) is 1.64. The fourth-order valence-electron chi connectivity index (χ4n) is 2.06. The maximum absolute atomic E-state index is 13.9. The van der Waals surface area contributed by atoms with Gasteiger partial charge in [0.05, 0.1) is 11.3 Å². The minimum atomic E-state index is -1.16. The molecule has 104 valence electrons. The van der Waals surface area contributed by atoms with Crippen LogP contribution in [-0.4, -0.2) is 18.1 Å². The van der Waals surface area contributed by atoms with Gasteiger partial charge in [0.2, 0.25) is 0 Å². The molecule has 20 heavy (non-hydrogen) atoms. The fourth-order valence-corrected chi connectivity index (χ4v) is 2.28. The van der Waals surface area contributed by atoms with Crippen molar-refractivity contribution < 1.29 is 14.3 Å². The Balaban J connectivity index is 2.34. The summed E-state index contributed by atoms with van der Waals surface area (Å²) in [6.07, 6.45) is 0. The average molecular weight is 294 g/mol. The van der Waals surface area contributed by atoms with Crippen LogP contribution in [0.15, 0.2) is 42.5 Å². The third-order valence-electron chi connectivity index (χ3n) is 2.91. The normalized spacial score (nSPS) is 10.3. The summed E-state index contributed by atoms with van der Waals surface area (Å²) < 4.78 is 13.9. The molecule has 0 atom stereocenters. The minimum Gasteiger partial charge on any atom is -0.478 e. The number of aromatic carboxylic acids is 1. The van der Waals surface area contributed by atoms with Crippen molar-refractivity contribution in [2.45, 2.75) is 6.54 Å². The second-order valence-electron chi connectivity index (χ2n) is 4.43. The predicted octanol–water partition coefficient (Wildman–Crippen LogP) is 3.81. The molecule has 0 spiro atoms. The van der Waals surface area contributed by atoms with E-state index in [1.807, 2.05) is 6.07 Å². The summed E-state index contributed by atoms with van der Waals surface area (Å²) in [6, 6.07) is 11.2. The minimum absolute atomic E-state index is 0.0606. The van der Waals surface area contributed by atoms with Gasteiger partial charge < -0.3 is 10.0 Å². The second-order valence-corrected chi connectivity index (χ2v) is 4.86. The van der Waals surface area contributed by atoms with Gasteiger partial charge in [0.15, 0.2) is 0 Å². The van der Waals surface area contributed by atoms with Crippen molar-refractivity contribution in [3.63, 3.8) is 0 Å². The molecule has 0 saturated carbocycles. The van der Waals surface area contributed by atoms with Crippen molar-refractivity contribution >= 4 is 23.3 Å². The molecule has 2 aromatic carbocycles. The molecule has 2 rings (SSSR count). The molecular weight excluding hydrogens is 281 g/mol. The standard InChI is InChI=1S/C15H13ClFNO2/c1-18(9-10-4-2-5-11(16)8-10)14-12(15(19)20)6-3-7-13(14)17/h2-8H,9H2,1H3,(H,19,20). The van der Waals surface area contributed by atoms with Crippen LogP contribution >= 0.6 is 11.6 Å². The first-order valence-corrected chi connectivity index (χ1v) is 6.34. The Morgan fingerprint density at radius 2 is 2.00 bits per heavy atom. The number of benzene rings is 2. The van der Waals surface area contributed by atoms with E-state index in [0.29, 0.717) is 11.6 Å². The zero-order chi connectivity index (χ0) is 14.7. The van der Waals surface area contributed by atoms with E-state index in [9.17, 15) is 9.18 Å². The molecule has 0 heterocycles. The first kappa shape index (κ1) is 14.3. The highest BCUT2D eigenvalue weighted by Gasteiger charge is 2.17. The van der Waals surface area contributed by atoms with E-state index in [1.54, 1.807) is 30.1 Å². The molecule has 0 bridgehead atoms. The Labute approximate surface area is 121 Å². The van der Waals surface area contributed by atoms with Crippen LogP contribution in [0.5, 0.6) is 0 Å². The lowest BCUT2D eigenvalue weighted by molar-refractivity contribution is 0.0697. The van der Waals surface area contributed by atoms with Crippen molar-refractivity contribution in [2.75, 3.05) is 11.9 Å². The summed E-state index contributed by atoms with van der Waals surface area (Å²) in [5.74, 6) is -1.72. The molecule has 1 N–H and O–H groups in total. The van der Waals surface area contributed by atoms with Crippen LogP contribution in [0.3, 0.4) is 0 Å². The van der Waals surface area contributed by atoms with Crippen molar-refractivity contribution in [3.05, 3.63) is 64.4 Å². The number of nitrogens with zero attached hydrogens (tertiary/aromatic N) is 1. The number of hydrogen-bond acceptors (Lipinski definition) is 2. The second kappa shape index (κ2) is 5.92. The van der Waals surface area contributed by atoms with Crippen LogP contribution in [-0.2, 0) is 6.54 Å². The Morgan fingerprint density at radius 1 is 1.30 bits per heavy atom. The molecule has 0 aromatic heterocycles. The van der Waals surface area contributed by atoms with Crippen LogP contribution in [0.1, 0.15) is 15.9 Å². The first-order valence-electron chi connectivity index (χ1n) is 5.96. The van der Waals surface area contributed by atoms with E-state index >= 15 is 0 Å². The number of rotatable bonds is 4. The molecule has 0 aliphatic rings. The molecule has 0 amide bonds. The van der Waals surface area contributed by atoms with Crippen LogP contribution in [0.25, 0.3) is 0 Å². The molecule has 0 saturated heterocycles. The number of anilines is 1. The van der Waals surface area contributed by atoms with Gasteiger partial charge in [-0.25, -0.2) is 9.18 Å². The summed E-state index contributed by atoms with van der Waals surface area (Å²) in [4.78, 5) is 12.7. The number of carboxylic acid groups (broad SMARTS) is 1. The van der Waals surface area contributed by atoms with Crippen molar-refractivity contribution in [1.29, 1.82) is 0 Å². The Morgan fingerprint density at radius 3 is 2.65 bits per heavy atom. The monoisotopic (exact) mass is 293 g/mol. The summed E-state index contributed by atoms with van der Waals surface area (Å²) in [5.41, 5.74) is 0.883. The number of carbonyl (C=O) groups is 1. The van der Waals surface area contributed by atoms with E-state index in [0.717, 1.165) is 5.56 Å². The highest BCUT2D eigenvalue weighted by atomic mass is 35.5. The summed E-state index contributed by atoms with van der Waals surface area (Å²) in [5, 5.41) is 9.72. The van der Waals surface area contributed by atoms with Gasteiger partial charge in [-0.3, -0.25) is 0 Å². The van der Waals surface area contributed by atoms with Gasteiger partial charge in [0.1, 0.15) is 5.82 Å². The van der Waals surface area contributed by atoms with Gasteiger partial charge in [-0.15, -0.1) is 0 Å². The van der Waals surface area contributed by atoms with E-state index < -0.39 is 11.8 Å². The quantitative estimate of drug-likeness (QED) is 0.932. The number of hydrogen-bond donors (Lipinski definition) is 1. The zero-order valence-corrected chi connectivity index (χ0v) is 11.6. The Bertz CT molecular complexity index is 646. The first-order chi connectivity index (χ1) is 9.49. The average Bonchev–Trinajstić information content (AvgIpc) is 2.38. The highest BCUT2D eigenvalue weighted by molar-refractivity contribution is 6.30. The molecule has 0 unspecified atom stereocenters. The lowest BCUT2D eigenvalue weighted by Gasteiger charge is -2.22. The largest absolute Gasteiger partial charge is 0.478 e. The van der Waals surface area contributed by atoms with Gasteiger partial charge in [0.25, 0.3) is 0 Å². The molecule has 2 aromatic rings. The van der Waals surface area contributed by atoms with E-state index in [4.69, 9.17) is 16.7 Å². The SMILES string of the molecule is CN(Cc1cccc(Cl)c1)c1c(F)cccc1C(=O)O. The highest BCUT2D eigenvalue weighted by Crippen LogP contribution is 2.25. The topological polar surface area (TPSA) is 40.5 Å². The molecule has 0 radical (unpaired) electrons. The molecule has 5 heteroatoms. The van der Waals surface area contributed by atoms with Crippen LogP contribution in [0, 0.1) is 5.82 Å². The number of halogens is 2. The van der Waals surface area contributed by atoms with Crippen LogP contribution < -0.4 is 4.90 Å².